The van der Waals surface area contributed by atoms with Crippen molar-refractivity contribution < 1.29 is 9.47 Å². The second kappa shape index (κ2) is 8.30. The fourth-order valence-electron chi connectivity index (χ4n) is 5.63. The average Bonchev–Trinajstić information content (AvgIpc) is 3.20. The Hall–Kier alpha value is 0.137. The van der Waals surface area contributed by atoms with E-state index in [9.17, 15) is 0 Å². The van der Waals surface area contributed by atoms with Gasteiger partial charge in [-0.1, -0.05) is 33.1 Å². The van der Waals surface area contributed by atoms with Crippen LogP contribution in [-0.2, 0) is 9.47 Å². The third kappa shape index (κ3) is 3.79. The third-order valence-electron chi connectivity index (χ3n) is 6.66. The van der Waals surface area contributed by atoms with E-state index in [1.165, 1.54) is 44.9 Å². The number of rotatable bonds is 10. The molecule has 3 aliphatic rings. The van der Waals surface area contributed by atoms with E-state index in [1.54, 1.807) is 12.8 Å². The second-order valence-corrected chi connectivity index (χ2v) is 10.2. The maximum Gasteiger partial charge on any atom is 0.135 e. The van der Waals surface area contributed by atoms with Gasteiger partial charge < -0.3 is 9.47 Å². The quantitative estimate of drug-likeness (QED) is 0.338. The first-order chi connectivity index (χ1) is 10.8. The second-order valence-electron chi connectivity index (χ2n) is 8.03. The van der Waals surface area contributed by atoms with Crippen molar-refractivity contribution >= 4 is 9.52 Å². The van der Waals surface area contributed by atoms with Crippen molar-refractivity contribution in [1.82, 2.24) is 0 Å². The molecular formula is C19H36O2Si. The number of fused-ring (bicyclic) bond motifs is 5. The monoisotopic (exact) mass is 324 g/mol. The summed E-state index contributed by atoms with van der Waals surface area (Å²) in [5.41, 5.74) is 1.03. The van der Waals surface area contributed by atoms with Gasteiger partial charge in [-0.3, -0.25) is 0 Å². The minimum atomic E-state index is -0.263. The fraction of sp³-hybridized carbons (Fsp3) is 1.00. The van der Waals surface area contributed by atoms with Gasteiger partial charge in [0.15, 0.2) is 0 Å². The lowest BCUT2D eigenvalue weighted by atomic mass is 9.81. The molecule has 128 valence electrons. The topological polar surface area (TPSA) is 18.5 Å². The van der Waals surface area contributed by atoms with E-state index in [-0.39, 0.29) is 15.4 Å². The van der Waals surface area contributed by atoms with Gasteiger partial charge in [0, 0.05) is 13.2 Å². The Labute approximate surface area is 139 Å². The van der Waals surface area contributed by atoms with Crippen LogP contribution in [0.2, 0.25) is 5.54 Å². The highest BCUT2D eigenvalue weighted by Crippen LogP contribution is 2.62. The highest BCUT2D eigenvalue weighted by molar-refractivity contribution is 6.39. The van der Waals surface area contributed by atoms with Gasteiger partial charge >= 0.3 is 0 Å². The van der Waals surface area contributed by atoms with Gasteiger partial charge in [-0.25, -0.2) is 0 Å². The standard InChI is InChI=1S/C19H36O2Si/c1-3-5-10-20-19(21-11-6-4-2)22-18-13-14-12-17(18)16-9-7-8-15(14)16/h14-19H,3-13,22H2,1-2H3. The van der Waals surface area contributed by atoms with E-state index in [0.29, 0.717) is 0 Å². The molecule has 0 N–H and O–H groups in total. The minimum absolute atomic E-state index is 0.210. The maximum atomic E-state index is 6.15. The van der Waals surface area contributed by atoms with E-state index in [1.807, 2.05) is 0 Å². The summed E-state index contributed by atoms with van der Waals surface area (Å²) in [5, 5.41) is 0. The Bertz CT molecular complexity index is 325. The molecule has 0 aromatic rings. The Morgan fingerprint density at radius 2 is 1.59 bits per heavy atom. The largest absolute Gasteiger partial charge is 0.357 e. The van der Waals surface area contributed by atoms with Crippen molar-refractivity contribution in [2.75, 3.05) is 13.2 Å². The van der Waals surface area contributed by atoms with Crippen LogP contribution in [0, 0.1) is 23.7 Å². The summed E-state index contributed by atoms with van der Waals surface area (Å²) in [4.78, 5) is 0. The first kappa shape index (κ1) is 17.0. The van der Waals surface area contributed by atoms with Gasteiger partial charge in [-0.15, -0.1) is 0 Å². The van der Waals surface area contributed by atoms with Crippen molar-refractivity contribution in [3.05, 3.63) is 0 Å². The van der Waals surface area contributed by atoms with Crippen molar-refractivity contribution in [2.45, 2.75) is 83.1 Å². The molecule has 3 saturated carbocycles. The lowest BCUT2D eigenvalue weighted by Gasteiger charge is -2.33. The summed E-state index contributed by atoms with van der Waals surface area (Å²) in [6.07, 6.45) is 12.5. The third-order valence-corrected chi connectivity index (χ3v) is 9.07. The highest BCUT2D eigenvalue weighted by Gasteiger charge is 2.53. The Morgan fingerprint density at radius 3 is 2.27 bits per heavy atom. The van der Waals surface area contributed by atoms with E-state index < -0.39 is 0 Å². The minimum Gasteiger partial charge on any atom is -0.357 e. The number of unbranched alkanes of at least 4 members (excludes halogenated alkanes) is 2. The summed E-state index contributed by atoms with van der Waals surface area (Å²) in [6.45, 7) is 6.30. The smallest absolute Gasteiger partial charge is 0.135 e. The molecule has 3 heteroatoms. The van der Waals surface area contributed by atoms with Gasteiger partial charge in [-0.05, 0) is 67.7 Å². The first-order valence-electron chi connectivity index (χ1n) is 10.1. The molecule has 0 spiro atoms. The van der Waals surface area contributed by atoms with Crippen LogP contribution in [0.25, 0.3) is 0 Å². The number of hydrogen-bond donors (Lipinski definition) is 0. The summed E-state index contributed by atoms with van der Waals surface area (Å²) < 4.78 is 12.3. The zero-order chi connectivity index (χ0) is 15.4. The van der Waals surface area contributed by atoms with Gasteiger partial charge in [0.1, 0.15) is 5.91 Å². The van der Waals surface area contributed by atoms with E-state index >= 15 is 0 Å². The zero-order valence-electron chi connectivity index (χ0n) is 14.8. The van der Waals surface area contributed by atoms with Crippen LogP contribution in [0.3, 0.4) is 0 Å². The van der Waals surface area contributed by atoms with Crippen molar-refractivity contribution in [1.29, 1.82) is 0 Å². The Kier molecular flexibility index (Phi) is 6.40. The van der Waals surface area contributed by atoms with Crippen LogP contribution < -0.4 is 0 Å². The molecule has 0 aromatic heterocycles. The summed E-state index contributed by atoms with van der Waals surface area (Å²) >= 11 is 0. The summed E-state index contributed by atoms with van der Waals surface area (Å²) in [5.74, 6) is 4.58. The molecule has 3 aliphatic carbocycles. The molecule has 0 amide bonds. The highest BCUT2D eigenvalue weighted by atomic mass is 28.2. The molecule has 0 radical (unpaired) electrons. The molecule has 0 saturated heterocycles. The van der Waals surface area contributed by atoms with E-state index in [4.69, 9.17) is 9.47 Å². The fourth-order valence-corrected chi connectivity index (χ4v) is 8.24. The molecule has 2 bridgehead atoms. The lowest BCUT2D eigenvalue weighted by molar-refractivity contribution is -0.0932. The molecule has 3 fully saturated rings. The molecule has 5 unspecified atom stereocenters. The molecule has 3 rings (SSSR count). The van der Waals surface area contributed by atoms with Gasteiger partial charge in [0.2, 0.25) is 0 Å². The molecule has 0 heterocycles. The average molecular weight is 325 g/mol. The van der Waals surface area contributed by atoms with Gasteiger partial charge in [-0.2, -0.15) is 0 Å². The Morgan fingerprint density at radius 1 is 0.909 bits per heavy atom. The SMILES string of the molecule is CCCCOC(OCCCC)[SiH2]C1CC2CC1C1CCCC21. The van der Waals surface area contributed by atoms with Crippen molar-refractivity contribution in [3.8, 4) is 0 Å². The molecular weight excluding hydrogens is 288 g/mol. The normalized spacial score (nSPS) is 37.0. The van der Waals surface area contributed by atoms with Crippen molar-refractivity contribution in [2.24, 2.45) is 23.7 Å². The number of ether oxygens (including phenoxy) is 2. The molecule has 5 atom stereocenters. The predicted molar refractivity (Wildman–Crippen MR) is 94.8 cm³/mol. The van der Waals surface area contributed by atoms with Crippen LogP contribution in [0.4, 0.5) is 0 Å². The van der Waals surface area contributed by atoms with Crippen LogP contribution >= 0.6 is 0 Å². The zero-order valence-corrected chi connectivity index (χ0v) is 16.2. The molecule has 0 aliphatic heterocycles. The van der Waals surface area contributed by atoms with E-state index in [2.05, 4.69) is 13.8 Å². The lowest BCUT2D eigenvalue weighted by Crippen LogP contribution is -2.33. The van der Waals surface area contributed by atoms with Gasteiger partial charge in [0.25, 0.3) is 0 Å². The van der Waals surface area contributed by atoms with E-state index in [0.717, 1.165) is 42.4 Å². The van der Waals surface area contributed by atoms with Gasteiger partial charge in [0.05, 0.1) is 9.52 Å². The Balaban J connectivity index is 1.49. The number of hydrogen-bond acceptors (Lipinski definition) is 2. The summed E-state index contributed by atoms with van der Waals surface area (Å²) in [7, 11) is -0.263. The van der Waals surface area contributed by atoms with Crippen molar-refractivity contribution in [3.63, 3.8) is 0 Å². The molecule has 0 aromatic carbocycles. The maximum absolute atomic E-state index is 6.15. The molecule has 2 nitrogen and oxygen atoms in total. The van der Waals surface area contributed by atoms with Crippen LogP contribution in [0.5, 0.6) is 0 Å². The molecule has 22 heavy (non-hydrogen) atoms. The van der Waals surface area contributed by atoms with Crippen LogP contribution in [-0.4, -0.2) is 28.6 Å². The van der Waals surface area contributed by atoms with Crippen LogP contribution in [0.15, 0.2) is 0 Å². The summed E-state index contributed by atoms with van der Waals surface area (Å²) in [6, 6.07) is 0. The predicted octanol–water partition coefficient (Wildman–Crippen LogP) is 4.32. The van der Waals surface area contributed by atoms with Crippen LogP contribution in [0.1, 0.15) is 71.6 Å². The first-order valence-corrected chi connectivity index (χ1v) is 11.7.